The molecule has 298 valence electrons. The van der Waals surface area contributed by atoms with Crippen molar-refractivity contribution in [1.29, 1.82) is 1.34 Å². The highest BCUT2D eigenvalue weighted by Gasteiger charge is 2.44. The van der Waals surface area contributed by atoms with Gasteiger partial charge in [0.05, 0.1) is 5.54 Å². The van der Waals surface area contributed by atoms with Crippen molar-refractivity contribution in [2.75, 3.05) is 14.1 Å². The maximum atomic E-state index is 13.2. The summed E-state index contributed by atoms with van der Waals surface area (Å²) in [7, 11) is 2.54. The number of fused-ring (bicyclic) bond motifs is 6. The van der Waals surface area contributed by atoms with Gasteiger partial charge in [0, 0.05) is 68.2 Å². The van der Waals surface area contributed by atoms with Gasteiger partial charge in [0.15, 0.2) is 11.5 Å². The molecule has 0 radical (unpaired) electrons. The summed E-state index contributed by atoms with van der Waals surface area (Å²) in [5.74, 6) is 7.79. The van der Waals surface area contributed by atoms with Crippen LogP contribution in [0, 0.1) is 28.9 Å². The van der Waals surface area contributed by atoms with E-state index in [1.165, 1.54) is 25.0 Å². The normalized spacial score (nSPS) is 17.2. The summed E-state index contributed by atoms with van der Waals surface area (Å²) in [6.45, 7) is 17.2. The predicted octanol–water partition coefficient (Wildman–Crippen LogP) is 9.01. The van der Waals surface area contributed by atoms with Crippen molar-refractivity contribution in [3.05, 3.63) is 147 Å². The second kappa shape index (κ2) is 19.8. The van der Waals surface area contributed by atoms with Crippen LogP contribution in [0.2, 0.25) is 6.82 Å². The summed E-state index contributed by atoms with van der Waals surface area (Å²) in [5, 5.41) is 19.7. The van der Waals surface area contributed by atoms with Gasteiger partial charge in [-0.3, -0.25) is 9.59 Å². The molecule has 0 aromatic heterocycles. The smallest absolute Gasteiger partial charge is 0.267 e. The van der Waals surface area contributed by atoms with Gasteiger partial charge in [-0.15, -0.1) is 5.06 Å². The minimum atomic E-state index is -0.917. The maximum absolute atomic E-state index is 13.2. The molecule has 0 spiro atoms. The average molecular weight is 768 g/mol. The van der Waals surface area contributed by atoms with Crippen LogP contribution in [-0.2, 0) is 27.3 Å². The monoisotopic (exact) mass is 767 g/mol. The van der Waals surface area contributed by atoms with E-state index in [1.807, 2.05) is 100 Å². The van der Waals surface area contributed by atoms with Crippen LogP contribution < -0.4 is 0 Å². The maximum Gasteiger partial charge on any atom is 0.267 e. The van der Waals surface area contributed by atoms with Crippen LogP contribution in [0.15, 0.2) is 97.1 Å². The van der Waals surface area contributed by atoms with Gasteiger partial charge in [-0.25, -0.2) is 4.74 Å². The van der Waals surface area contributed by atoms with Gasteiger partial charge in [0.2, 0.25) is 0 Å². The molecule has 0 saturated heterocycles. The molecule has 4 aromatic carbocycles. The molecule has 1 N–H and O–H groups in total. The molecular weight excluding hydrogens is 707 g/mol. The van der Waals surface area contributed by atoms with Gasteiger partial charge in [0.1, 0.15) is 18.6 Å². The first-order chi connectivity index (χ1) is 27.4. The van der Waals surface area contributed by atoms with Gasteiger partial charge < -0.3 is 15.1 Å². The Morgan fingerprint density at radius 1 is 0.807 bits per heavy atom. The quantitative estimate of drug-likeness (QED) is 0.0557. The number of likely N-dealkylation sites (N-methyl/N-ethyl adjacent to an activating group) is 1. The first-order valence-electron chi connectivity index (χ1n) is 20.4. The second-order valence-electron chi connectivity index (χ2n) is 15.9. The Balaban J connectivity index is 0.000000212. The number of rotatable bonds is 4. The molecule has 2 atom stereocenters. The van der Waals surface area contributed by atoms with Gasteiger partial charge in [-0.05, 0) is 66.6 Å². The zero-order valence-corrected chi connectivity index (χ0v) is 35.5. The van der Waals surface area contributed by atoms with E-state index in [9.17, 15) is 14.8 Å². The van der Waals surface area contributed by atoms with E-state index in [-0.39, 0.29) is 29.2 Å². The third kappa shape index (κ3) is 10.4. The minimum Gasteiger partial charge on any atom is -0.624 e. The van der Waals surface area contributed by atoms with E-state index >= 15 is 0 Å². The van der Waals surface area contributed by atoms with Crippen molar-refractivity contribution < 1.29 is 24.2 Å². The summed E-state index contributed by atoms with van der Waals surface area (Å²) in [6.07, 6.45) is 1.44. The highest BCUT2D eigenvalue weighted by molar-refractivity contribution is 6.22. The Labute approximate surface area is 342 Å². The van der Waals surface area contributed by atoms with E-state index in [0.717, 1.165) is 61.6 Å². The Hall–Kier alpha value is -5.23. The molecule has 2 unspecified atom stereocenters. The first-order valence-corrected chi connectivity index (χ1v) is 19.8. The molecule has 0 fully saturated rings. The number of nitrogens with zero attached hydrogens (tertiary/aromatic N) is 2. The van der Waals surface area contributed by atoms with Crippen LogP contribution in [0.4, 0.5) is 0 Å². The highest BCUT2D eigenvalue weighted by atomic mass is 16.7. The van der Waals surface area contributed by atoms with Crippen LogP contribution in [0.1, 0.15) is 112 Å². The molecule has 2 aliphatic carbocycles. The first kappa shape index (κ1) is 42.9. The van der Waals surface area contributed by atoms with Gasteiger partial charge in [-0.1, -0.05) is 131 Å². The number of hydrogen-bond acceptors (Lipinski definition) is 6. The van der Waals surface area contributed by atoms with E-state index < -0.39 is 7.45 Å². The fraction of sp³-hybridized carbons (Fsp3) is 0.367. The summed E-state index contributed by atoms with van der Waals surface area (Å²) in [5.41, 5.74) is 10.4. The molecule has 7 nitrogen and oxygen atoms in total. The van der Waals surface area contributed by atoms with Crippen molar-refractivity contribution in [2.24, 2.45) is 11.8 Å². The van der Waals surface area contributed by atoms with Crippen LogP contribution in [0.5, 0.6) is 0 Å². The largest absolute Gasteiger partial charge is 0.624 e. The molecule has 0 saturated carbocycles. The van der Waals surface area contributed by atoms with Crippen LogP contribution in [-0.4, -0.2) is 60.5 Å². The predicted molar refractivity (Wildman–Crippen MR) is 235 cm³/mol. The van der Waals surface area contributed by atoms with E-state index in [2.05, 4.69) is 62.1 Å². The number of benzene rings is 4. The number of ketones is 2. The lowest BCUT2D eigenvalue weighted by molar-refractivity contribution is -0.423. The third-order valence-electron chi connectivity index (χ3n) is 10.7. The molecule has 0 bridgehead atoms. The van der Waals surface area contributed by atoms with Crippen LogP contribution in [0.25, 0.3) is 11.3 Å². The summed E-state index contributed by atoms with van der Waals surface area (Å²) in [4.78, 5) is 32.2. The Bertz CT molecular complexity index is 2210. The fourth-order valence-electron chi connectivity index (χ4n) is 7.16. The Kier molecular flexibility index (Phi) is 14.9. The van der Waals surface area contributed by atoms with Crippen molar-refractivity contribution in [1.82, 2.24) is 5.06 Å². The highest BCUT2D eigenvalue weighted by Crippen LogP contribution is 2.49. The van der Waals surface area contributed by atoms with Crippen LogP contribution >= 0.6 is 0 Å². The number of Topliss-reactive ketones (excluding diaryl/α,β-unsaturated/α-hetero) is 2. The van der Waals surface area contributed by atoms with Gasteiger partial charge in [-0.2, -0.15) is 0 Å². The lowest BCUT2D eigenvalue weighted by Crippen LogP contribution is -2.36. The van der Waals surface area contributed by atoms with E-state index in [1.54, 1.807) is 13.8 Å². The molecular formula is C49H59BN2O5. The number of hydrogen-bond donors (Lipinski definition) is 1. The number of carbonyl (C=O) groups is 2. The van der Waals surface area contributed by atoms with Crippen molar-refractivity contribution in [2.45, 2.75) is 92.4 Å². The molecule has 4 aromatic rings. The topological polar surface area (TPSA) is 92.9 Å². The number of carbonyl (C=O) groups excluding carboxylic acids is 2. The van der Waals surface area contributed by atoms with Crippen LogP contribution in [0.3, 0.4) is 0 Å². The SMILES string of the molecule is CC(C)=[N+](C)[O-].CC(C)C(=O)C1Cc2ccccc2C#Cc2ccccc21.CC(C)C(=O)C1Cc2ccccc2C2=C(c3ccccc31)C(C)(C)N(C)O2.[2H]B(C)O. The molecule has 1 aliphatic heterocycles. The second-order valence-corrected chi connectivity index (χ2v) is 15.9. The Morgan fingerprint density at radius 2 is 1.23 bits per heavy atom. The molecule has 0 amide bonds. The minimum absolute atomic E-state index is 0.00129. The Morgan fingerprint density at radius 3 is 1.79 bits per heavy atom. The lowest BCUT2D eigenvalue weighted by atomic mass is 9.74. The zero-order valence-electron chi connectivity index (χ0n) is 36.5. The molecule has 3 aliphatic rings. The van der Waals surface area contributed by atoms with Crippen molar-refractivity contribution in [3.8, 4) is 11.8 Å². The summed E-state index contributed by atoms with van der Waals surface area (Å²) in [6, 6.07) is 32.9. The van der Waals surface area contributed by atoms with E-state index in [4.69, 9.17) is 11.2 Å². The summed E-state index contributed by atoms with van der Waals surface area (Å²) < 4.78 is 6.97. The molecule has 1 heterocycles. The molecule has 57 heavy (non-hydrogen) atoms. The molecule has 8 heteroatoms. The van der Waals surface area contributed by atoms with Gasteiger partial charge >= 0.3 is 0 Å². The van der Waals surface area contributed by atoms with E-state index in [0.29, 0.717) is 18.0 Å². The van der Waals surface area contributed by atoms with Crippen molar-refractivity contribution in [3.63, 3.8) is 0 Å². The third-order valence-corrected chi connectivity index (χ3v) is 10.7. The van der Waals surface area contributed by atoms with Gasteiger partial charge in [0.25, 0.3) is 7.45 Å². The number of hydroxylamine groups is 3. The average Bonchev–Trinajstić information content (AvgIpc) is 3.40. The summed E-state index contributed by atoms with van der Waals surface area (Å²) >= 11 is 0. The fourth-order valence-corrected chi connectivity index (χ4v) is 7.16. The van der Waals surface area contributed by atoms with Crippen molar-refractivity contribution >= 4 is 36.1 Å². The lowest BCUT2D eigenvalue weighted by Gasteiger charge is -2.30. The standard InChI is InChI=1S/C24H27NO2.C20H18O.C4H9NO.CH5BO/c1-15(2)22(26)20-14-16-10-6-7-11-17(16)23-21(24(3,4)25(5)27-23)19-13-9-8-12-18(19)20;1-14(2)20(21)19-13-17-9-4-3-7-15(17)11-12-16-8-5-6-10-18(16)19;1-4(2)5(3)6;1-2-3/h6-13,15,20H,14H2,1-5H3;3-10,14,19H,13H2,1-2H3;1-3H3;2-3H,1H3/i;;;2D. The molecule has 7 rings (SSSR count). The zero-order chi connectivity index (χ0) is 42.9.